The number of imidazole rings is 1. The molecular weight excluding hydrogens is 420 g/mol. The third-order valence-electron chi connectivity index (χ3n) is 6.60. The smallest absolute Gasteiger partial charge is 0.236 e. The monoisotopic (exact) mass is 448 g/mol. The van der Waals surface area contributed by atoms with E-state index in [0.717, 1.165) is 30.8 Å². The largest absolute Gasteiger partial charge is 0.493 e. The molecule has 2 unspecified atom stereocenters. The highest BCUT2D eigenvalue weighted by atomic mass is 16.5. The molecule has 4 heterocycles. The number of rotatable bonds is 5. The van der Waals surface area contributed by atoms with Crippen LogP contribution in [0.4, 0.5) is 5.82 Å². The fourth-order valence-electron chi connectivity index (χ4n) is 4.98. The molecule has 5 rings (SSSR count). The Morgan fingerprint density at radius 2 is 2.18 bits per heavy atom. The minimum Gasteiger partial charge on any atom is -0.493 e. The van der Waals surface area contributed by atoms with Crippen molar-refractivity contribution >= 4 is 23.0 Å². The topological polar surface area (TPSA) is 115 Å². The Balaban J connectivity index is 1.62. The second-order valence-electron chi connectivity index (χ2n) is 8.65. The van der Waals surface area contributed by atoms with Gasteiger partial charge in [-0.25, -0.2) is 9.97 Å². The molecule has 2 fully saturated rings. The summed E-state index contributed by atoms with van der Waals surface area (Å²) in [7, 11) is 0. The van der Waals surface area contributed by atoms with Crippen molar-refractivity contribution in [2.24, 2.45) is 0 Å². The van der Waals surface area contributed by atoms with Crippen LogP contribution in [0, 0.1) is 0 Å². The van der Waals surface area contributed by atoms with Crippen LogP contribution in [0.25, 0.3) is 16.8 Å². The molecule has 33 heavy (non-hydrogen) atoms. The van der Waals surface area contributed by atoms with Gasteiger partial charge >= 0.3 is 0 Å². The Labute approximate surface area is 191 Å². The Bertz CT molecular complexity index is 1240. The van der Waals surface area contributed by atoms with E-state index in [2.05, 4.69) is 10.3 Å². The minimum atomic E-state index is -0.0310. The average Bonchev–Trinajstić information content (AvgIpc) is 3.20. The molecule has 0 saturated carbocycles. The fourth-order valence-corrected chi connectivity index (χ4v) is 4.98. The van der Waals surface area contributed by atoms with Gasteiger partial charge in [0.15, 0.2) is 5.78 Å². The first-order chi connectivity index (χ1) is 16.0. The number of piperazine rings is 1. The van der Waals surface area contributed by atoms with Gasteiger partial charge in [0.05, 0.1) is 13.2 Å². The number of ketones is 1. The Morgan fingerprint density at radius 3 is 2.97 bits per heavy atom. The van der Waals surface area contributed by atoms with E-state index >= 15 is 0 Å². The van der Waals surface area contributed by atoms with Crippen molar-refractivity contribution in [2.45, 2.75) is 38.6 Å². The van der Waals surface area contributed by atoms with E-state index in [1.807, 2.05) is 28.5 Å². The summed E-state index contributed by atoms with van der Waals surface area (Å²) in [6, 6.07) is 5.63. The van der Waals surface area contributed by atoms with Gasteiger partial charge in [-0.15, -0.1) is 0 Å². The van der Waals surface area contributed by atoms with Crippen molar-refractivity contribution < 1.29 is 14.3 Å². The van der Waals surface area contributed by atoms with Crippen LogP contribution in [-0.4, -0.2) is 63.2 Å². The zero-order chi connectivity index (χ0) is 23.1. The fraction of sp³-hybridized carbons (Fsp3) is 0.417. The first-order valence-electron chi connectivity index (χ1n) is 11.4. The maximum atomic E-state index is 12.5. The van der Waals surface area contributed by atoms with E-state index in [0.29, 0.717) is 48.0 Å². The van der Waals surface area contributed by atoms with Gasteiger partial charge in [-0.3, -0.25) is 14.0 Å². The number of hydrogen-bond acceptors (Lipinski definition) is 7. The normalized spacial score (nSPS) is 20.7. The molecule has 0 aliphatic carbocycles. The Hall–Kier alpha value is -3.46. The third-order valence-corrected chi connectivity index (χ3v) is 6.60. The van der Waals surface area contributed by atoms with Crippen molar-refractivity contribution in [1.29, 1.82) is 0 Å². The summed E-state index contributed by atoms with van der Waals surface area (Å²) >= 11 is 0. The second kappa shape index (κ2) is 8.47. The standard InChI is InChI=1S/C24H28N6O3/c1-3-33-19-10-15(14(2)31)5-7-18(19)21-22-23(25)27-8-9-29(22)24(28-21)16-4-6-17-11-26-12-20(32)30(17)13-16/h5,7-10,16-17,26H,3-4,6,11-13H2,1-2H3,(H2,25,27). The molecule has 2 aliphatic heterocycles. The summed E-state index contributed by atoms with van der Waals surface area (Å²) in [6.45, 7) is 5.74. The lowest BCUT2D eigenvalue weighted by molar-refractivity contribution is -0.136. The summed E-state index contributed by atoms with van der Waals surface area (Å²) in [4.78, 5) is 35.8. The van der Waals surface area contributed by atoms with Crippen LogP contribution < -0.4 is 15.8 Å². The summed E-state index contributed by atoms with van der Waals surface area (Å²) in [5, 5.41) is 3.21. The van der Waals surface area contributed by atoms with Crippen LogP contribution in [0.2, 0.25) is 0 Å². The predicted molar refractivity (Wildman–Crippen MR) is 124 cm³/mol. The maximum Gasteiger partial charge on any atom is 0.236 e. The molecule has 2 aromatic heterocycles. The lowest BCUT2D eigenvalue weighted by atomic mass is 9.91. The molecule has 0 radical (unpaired) electrons. The molecule has 9 heteroatoms. The second-order valence-corrected chi connectivity index (χ2v) is 8.65. The van der Waals surface area contributed by atoms with Crippen LogP contribution in [0.3, 0.4) is 0 Å². The quantitative estimate of drug-likeness (QED) is 0.575. The van der Waals surface area contributed by atoms with Gasteiger partial charge in [-0.05, 0) is 38.8 Å². The van der Waals surface area contributed by atoms with Gasteiger partial charge in [-0.2, -0.15) is 0 Å². The van der Waals surface area contributed by atoms with Crippen LogP contribution in [-0.2, 0) is 4.79 Å². The van der Waals surface area contributed by atoms with Crippen molar-refractivity contribution in [2.75, 3.05) is 32.0 Å². The highest BCUT2D eigenvalue weighted by Gasteiger charge is 2.36. The molecule has 172 valence electrons. The SMILES string of the molecule is CCOc1cc(C(C)=O)ccc1-c1nc(C2CCC3CNCC(=O)N3C2)n2ccnc(N)c12. The van der Waals surface area contributed by atoms with Gasteiger partial charge in [0.1, 0.15) is 28.6 Å². The van der Waals surface area contributed by atoms with E-state index in [-0.39, 0.29) is 23.7 Å². The van der Waals surface area contributed by atoms with Gasteiger partial charge in [0.25, 0.3) is 0 Å². The van der Waals surface area contributed by atoms with Gasteiger partial charge in [0.2, 0.25) is 5.91 Å². The Morgan fingerprint density at radius 1 is 1.33 bits per heavy atom. The lowest BCUT2D eigenvalue weighted by Gasteiger charge is -2.42. The van der Waals surface area contributed by atoms with Crippen molar-refractivity contribution in [3.05, 3.63) is 42.0 Å². The number of benzene rings is 1. The maximum absolute atomic E-state index is 12.5. The van der Waals surface area contributed by atoms with Crippen molar-refractivity contribution in [3.8, 4) is 17.0 Å². The van der Waals surface area contributed by atoms with Gasteiger partial charge in [0, 0.05) is 48.6 Å². The number of amides is 1. The summed E-state index contributed by atoms with van der Waals surface area (Å²) in [6.07, 6.45) is 5.39. The van der Waals surface area contributed by atoms with E-state index in [4.69, 9.17) is 15.5 Å². The lowest BCUT2D eigenvalue weighted by Crippen LogP contribution is -2.57. The van der Waals surface area contributed by atoms with Crippen LogP contribution in [0.5, 0.6) is 5.75 Å². The number of ether oxygens (including phenoxy) is 1. The number of carbonyl (C=O) groups is 2. The first-order valence-corrected chi connectivity index (χ1v) is 11.4. The number of fused-ring (bicyclic) bond motifs is 2. The van der Waals surface area contributed by atoms with E-state index in [1.54, 1.807) is 18.3 Å². The summed E-state index contributed by atoms with van der Waals surface area (Å²) in [5.74, 6) is 2.00. The third kappa shape index (κ3) is 3.72. The molecule has 1 amide bonds. The molecule has 0 bridgehead atoms. The number of anilines is 1. The zero-order valence-corrected chi connectivity index (χ0v) is 18.9. The molecule has 2 saturated heterocycles. The number of aromatic nitrogens is 3. The minimum absolute atomic E-state index is 0.0310. The average molecular weight is 449 g/mol. The van der Waals surface area contributed by atoms with Crippen molar-refractivity contribution in [3.63, 3.8) is 0 Å². The number of Topliss-reactive ketones (excluding diaryl/α,β-unsaturated/α-hetero) is 1. The van der Waals surface area contributed by atoms with Crippen LogP contribution in [0.1, 0.15) is 48.8 Å². The highest BCUT2D eigenvalue weighted by molar-refractivity contribution is 5.96. The Kier molecular flexibility index (Phi) is 5.49. The van der Waals surface area contributed by atoms with E-state index < -0.39 is 0 Å². The van der Waals surface area contributed by atoms with E-state index in [1.165, 1.54) is 6.92 Å². The van der Waals surface area contributed by atoms with Crippen molar-refractivity contribution in [1.82, 2.24) is 24.6 Å². The molecular formula is C24H28N6O3. The van der Waals surface area contributed by atoms with Crippen LogP contribution >= 0.6 is 0 Å². The molecule has 3 N–H and O–H groups in total. The van der Waals surface area contributed by atoms with Gasteiger partial charge in [-0.1, -0.05) is 6.07 Å². The van der Waals surface area contributed by atoms with Crippen LogP contribution in [0.15, 0.2) is 30.6 Å². The highest BCUT2D eigenvalue weighted by Crippen LogP contribution is 2.39. The zero-order valence-electron chi connectivity index (χ0n) is 18.9. The van der Waals surface area contributed by atoms with Gasteiger partial charge < -0.3 is 20.7 Å². The molecule has 3 aromatic rings. The van der Waals surface area contributed by atoms with E-state index in [9.17, 15) is 9.59 Å². The summed E-state index contributed by atoms with van der Waals surface area (Å²) in [5.41, 5.74) is 9.04. The number of piperidine rings is 1. The molecule has 0 spiro atoms. The molecule has 9 nitrogen and oxygen atoms in total. The molecule has 2 atom stereocenters. The number of carbonyl (C=O) groups excluding carboxylic acids is 2. The number of nitrogens with two attached hydrogens (primary N) is 1. The summed E-state index contributed by atoms with van der Waals surface area (Å²) < 4.78 is 7.88. The molecule has 2 aliphatic rings. The predicted octanol–water partition coefficient (Wildman–Crippen LogP) is 2.26. The first kappa shape index (κ1) is 21.4. The number of nitrogen functional groups attached to an aromatic ring is 1. The number of nitrogens with one attached hydrogen (secondary N) is 1. The molecule has 1 aromatic carbocycles. The number of nitrogens with zero attached hydrogens (tertiary/aromatic N) is 4. The number of hydrogen-bond donors (Lipinski definition) is 2.